The molecule has 3 rings (SSSR count). The number of oxazole rings is 1. The van der Waals surface area contributed by atoms with Crippen molar-refractivity contribution in [3.05, 3.63) is 48.7 Å². The van der Waals surface area contributed by atoms with Crippen molar-refractivity contribution in [2.75, 3.05) is 5.75 Å². The van der Waals surface area contributed by atoms with Crippen molar-refractivity contribution in [1.29, 1.82) is 0 Å². The van der Waals surface area contributed by atoms with E-state index in [2.05, 4.69) is 54.4 Å². The number of aromatic nitrogens is 1. The summed E-state index contributed by atoms with van der Waals surface area (Å²) in [6, 6.07) is 14.7. The molecule has 3 heteroatoms. The van der Waals surface area contributed by atoms with Gasteiger partial charge in [0.15, 0.2) is 5.76 Å². The molecule has 1 aromatic heterocycles. The van der Waals surface area contributed by atoms with Gasteiger partial charge in [0.1, 0.15) is 0 Å². The van der Waals surface area contributed by atoms with Gasteiger partial charge < -0.3 is 4.42 Å². The van der Waals surface area contributed by atoms with Gasteiger partial charge in [-0.25, -0.2) is 4.98 Å². The lowest BCUT2D eigenvalue weighted by molar-refractivity contribution is 0.466. The van der Waals surface area contributed by atoms with Crippen LogP contribution >= 0.6 is 11.8 Å². The zero-order valence-electron chi connectivity index (χ0n) is 11.5. The third-order valence-corrected chi connectivity index (χ3v) is 4.17. The zero-order valence-corrected chi connectivity index (χ0v) is 12.3. The molecular formula is C17H17NOS. The molecule has 1 heterocycles. The van der Waals surface area contributed by atoms with E-state index in [4.69, 9.17) is 4.42 Å². The molecule has 0 unspecified atom stereocenters. The number of fused-ring (bicyclic) bond motifs is 1. The fraction of sp³-hybridized carbons (Fsp3) is 0.235. The fourth-order valence-corrected chi connectivity index (χ4v) is 2.99. The Bertz CT molecular complexity index is 705. The molecule has 0 fully saturated rings. The lowest BCUT2D eigenvalue weighted by Gasteiger charge is -2.00. The van der Waals surface area contributed by atoms with E-state index in [0.717, 1.165) is 22.3 Å². The van der Waals surface area contributed by atoms with E-state index in [1.807, 2.05) is 6.20 Å². The maximum atomic E-state index is 5.82. The van der Waals surface area contributed by atoms with Crippen LogP contribution in [0.1, 0.15) is 19.8 Å². The molecule has 0 bridgehead atoms. The van der Waals surface area contributed by atoms with Crippen LogP contribution < -0.4 is 0 Å². The van der Waals surface area contributed by atoms with Crippen molar-refractivity contribution in [2.24, 2.45) is 0 Å². The molecule has 0 spiro atoms. The van der Waals surface area contributed by atoms with E-state index >= 15 is 0 Å². The Morgan fingerprint density at radius 2 is 1.95 bits per heavy atom. The van der Waals surface area contributed by atoms with Crippen LogP contribution in [0.15, 0.2) is 58.3 Å². The first-order valence-corrected chi connectivity index (χ1v) is 7.93. The maximum Gasteiger partial charge on any atom is 0.256 e. The molecular weight excluding hydrogens is 266 g/mol. The van der Waals surface area contributed by atoms with Crippen molar-refractivity contribution in [1.82, 2.24) is 4.98 Å². The summed E-state index contributed by atoms with van der Waals surface area (Å²) in [7, 11) is 0. The second-order valence-corrected chi connectivity index (χ2v) is 5.80. The average molecular weight is 283 g/mol. The normalized spacial score (nSPS) is 11.1. The lowest BCUT2D eigenvalue weighted by atomic mass is 10.1. The minimum atomic E-state index is 0.765. The summed E-state index contributed by atoms with van der Waals surface area (Å²) in [6.07, 6.45) is 4.21. The van der Waals surface area contributed by atoms with Gasteiger partial charge in [0, 0.05) is 11.3 Å². The van der Waals surface area contributed by atoms with Crippen molar-refractivity contribution in [3.8, 4) is 11.3 Å². The fourth-order valence-electron chi connectivity index (χ4n) is 2.10. The highest BCUT2D eigenvalue weighted by atomic mass is 32.2. The smallest absolute Gasteiger partial charge is 0.256 e. The van der Waals surface area contributed by atoms with Crippen molar-refractivity contribution in [2.45, 2.75) is 25.0 Å². The SMILES string of the molecule is CCCCSc1ncc(-c2ccc3ccccc3c2)o1. The van der Waals surface area contributed by atoms with Crippen molar-refractivity contribution in [3.63, 3.8) is 0 Å². The molecule has 0 amide bonds. The quantitative estimate of drug-likeness (QED) is 0.464. The minimum Gasteiger partial charge on any atom is -0.431 e. The number of hydrogen-bond acceptors (Lipinski definition) is 3. The van der Waals surface area contributed by atoms with E-state index in [1.54, 1.807) is 11.8 Å². The molecule has 0 atom stereocenters. The van der Waals surface area contributed by atoms with Gasteiger partial charge in [-0.1, -0.05) is 61.5 Å². The Morgan fingerprint density at radius 1 is 1.10 bits per heavy atom. The van der Waals surface area contributed by atoms with E-state index in [0.29, 0.717) is 0 Å². The molecule has 0 aliphatic heterocycles. The predicted molar refractivity (Wildman–Crippen MR) is 85.1 cm³/mol. The highest BCUT2D eigenvalue weighted by molar-refractivity contribution is 7.99. The van der Waals surface area contributed by atoms with Gasteiger partial charge in [-0.3, -0.25) is 0 Å². The highest BCUT2D eigenvalue weighted by Crippen LogP contribution is 2.28. The van der Waals surface area contributed by atoms with Crippen LogP contribution in [0.4, 0.5) is 0 Å². The van der Waals surface area contributed by atoms with Crippen LogP contribution in [-0.2, 0) is 0 Å². The molecule has 0 aliphatic carbocycles. The van der Waals surface area contributed by atoms with Crippen LogP contribution in [0.25, 0.3) is 22.1 Å². The molecule has 20 heavy (non-hydrogen) atoms. The van der Waals surface area contributed by atoms with Gasteiger partial charge >= 0.3 is 0 Å². The molecule has 0 saturated carbocycles. The monoisotopic (exact) mass is 283 g/mol. The average Bonchev–Trinajstić information content (AvgIpc) is 2.96. The van der Waals surface area contributed by atoms with Crippen LogP contribution in [0.3, 0.4) is 0 Å². The van der Waals surface area contributed by atoms with Gasteiger partial charge in [-0.2, -0.15) is 0 Å². The number of unbranched alkanes of at least 4 members (excludes halogenated alkanes) is 1. The zero-order chi connectivity index (χ0) is 13.8. The summed E-state index contributed by atoms with van der Waals surface area (Å²) >= 11 is 1.69. The molecule has 0 aliphatic rings. The Hall–Kier alpha value is -1.74. The van der Waals surface area contributed by atoms with Crippen LogP contribution in [0.2, 0.25) is 0 Å². The third kappa shape index (κ3) is 2.88. The van der Waals surface area contributed by atoms with Gasteiger partial charge in [-0.05, 0) is 23.3 Å². The predicted octanol–water partition coefficient (Wildman–Crippen LogP) is 5.39. The molecule has 0 radical (unpaired) electrons. The first kappa shape index (κ1) is 13.3. The standard InChI is InChI=1S/C17H17NOS/c1-2-3-10-20-17-18-12-16(19-17)15-9-8-13-6-4-5-7-14(13)11-15/h4-9,11-12H,2-3,10H2,1H3. The van der Waals surface area contributed by atoms with Crippen LogP contribution in [0, 0.1) is 0 Å². The Kier molecular flexibility index (Phi) is 4.07. The maximum absolute atomic E-state index is 5.82. The van der Waals surface area contributed by atoms with Gasteiger partial charge in [0.05, 0.1) is 6.20 Å². The largest absolute Gasteiger partial charge is 0.431 e. The number of thioether (sulfide) groups is 1. The Labute approximate surface area is 123 Å². The van der Waals surface area contributed by atoms with E-state index in [1.165, 1.54) is 23.6 Å². The van der Waals surface area contributed by atoms with Gasteiger partial charge in [0.25, 0.3) is 5.22 Å². The molecule has 3 aromatic rings. The van der Waals surface area contributed by atoms with Crippen LogP contribution in [-0.4, -0.2) is 10.7 Å². The highest BCUT2D eigenvalue weighted by Gasteiger charge is 2.07. The second-order valence-electron chi connectivity index (χ2n) is 4.75. The van der Waals surface area contributed by atoms with Gasteiger partial charge in [0.2, 0.25) is 0 Å². The summed E-state index contributed by atoms with van der Waals surface area (Å²) in [5.74, 6) is 1.91. The molecule has 0 saturated heterocycles. The Balaban J connectivity index is 1.83. The molecule has 102 valence electrons. The third-order valence-electron chi connectivity index (χ3n) is 3.24. The second kappa shape index (κ2) is 6.14. The first-order chi connectivity index (χ1) is 9.86. The summed E-state index contributed by atoms with van der Waals surface area (Å²) < 4.78 is 5.82. The summed E-state index contributed by atoms with van der Waals surface area (Å²) in [6.45, 7) is 2.19. The first-order valence-electron chi connectivity index (χ1n) is 6.94. The summed E-state index contributed by atoms with van der Waals surface area (Å²) in [5.41, 5.74) is 1.08. The van der Waals surface area contributed by atoms with Crippen molar-refractivity contribution >= 4 is 22.5 Å². The number of hydrogen-bond donors (Lipinski definition) is 0. The minimum absolute atomic E-state index is 0.765. The summed E-state index contributed by atoms with van der Waals surface area (Å²) in [5, 5.41) is 3.23. The van der Waals surface area contributed by atoms with E-state index in [-0.39, 0.29) is 0 Å². The van der Waals surface area contributed by atoms with Crippen molar-refractivity contribution < 1.29 is 4.42 Å². The number of rotatable bonds is 5. The summed E-state index contributed by atoms with van der Waals surface area (Å²) in [4.78, 5) is 4.34. The Morgan fingerprint density at radius 3 is 2.80 bits per heavy atom. The lowest BCUT2D eigenvalue weighted by Crippen LogP contribution is -1.77. The molecule has 0 N–H and O–H groups in total. The number of nitrogens with zero attached hydrogens (tertiary/aromatic N) is 1. The van der Waals surface area contributed by atoms with E-state index < -0.39 is 0 Å². The molecule has 2 aromatic carbocycles. The van der Waals surface area contributed by atoms with Gasteiger partial charge in [-0.15, -0.1) is 0 Å². The molecule has 2 nitrogen and oxygen atoms in total. The number of benzene rings is 2. The van der Waals surface area contributed by atoms with E-state index in [9.17, 15) is 0 Å². The van der Waals surface area contributed by atoms with Crippen LogP contribution in [0.5, 0.6) is 0 Å². The topological polar surface area (TPSA) is 26.0 Å².